The molecule has 0 saturated heterocycles. The van der Waals surface area contributed by atoms with Gasteiger partial charge < -0.3 is 14.8 Å². The standard InChI is InChI=1S/C17H16F3NO3/c1-11-6-7-14(8-12(11)2)23-10-16(22)21-13-4-3-5-15(9-13)24-17(18,19)20/h3-9H,10H2,1-2H3,(H,21,22). The number of aryl methyl sites for hydroxylation is 2. The summed E-state index contributed by atoms with van der Waals surface area (Å²) < 4.78 is 45.7. The first-order valence-corrected chi connectivity index (χ1v) is 7.09. The molecule has 128 valence electrons. The molecule has 0 bridgehead atoms. The fourth-order valence-corrected chi connectivity index (χ4v) is 1.92. The van der Waals surface area contributed by atoms with E-state index in [4.69, 9.17) is 4.74 Å². The molecule has 0 saturated carbocycles. The Labute approximate surface area is 137 Å². The molecule has 0 radical (unpaired) electrons. The summed E-state index contributed by atoms with van der Waals surface area (Å²) in [4.78, 5) is 11.8. The van der Waals surface area contributed by atoms with E-state index >= 15 is 0 Å². The molecular formula is C17H16F3NO3. The number of nitrogens with one attached hydrogen (secondary N) is 1. The quantitative estimate of drug-likeness (QED) is 0.887. The molecule has 0 unspecified atom stereocenters. The van der Waals surface area contributed by atoms with Gasteiger partial charge in [-0.15, -0.1) is 13.2 Å². The van der Waals surface area contributed by atoms with Crippen LogP contribution in [0.3, 0.4) is 0 Å². The maximum absolute atomic E-state index is 12.2. The van der Waals surface area contributed by atoms with Crippen molar-refractivity contribution in [3.8, 4) is 11.5 Å². The molecule has 0 spiro atoms. The van der Waals surface area contributed by atoms with Crippen LogP contribution in [0.4, 0.5) is 18.9 Å². The van der Waals surface area contributed by atoms with Gasteiger partial charge in [0.15, 0.2) is 6.61 Å². The van der Waals surface area contributed by atoms with Crippen molar-refractivity contribution in [1.82, 2.24) is 0 Å². The Morgan fingerprint density at radius 1 is 1.04 bits per heavy atom. The minimum atomic E-state index is -4.78. The van der Waals surface area contributed by atoms with Crippen LogP contribution in [-0.2, 0) is 4.79 Å². The van der Waals surface area contributed by atoms with Gasteiger partial charge in [0.05, 0.1) is 0 Å². The van der Waals surface area contributed by atoms with Crippen molar-refractivity contribution in [2.75, 3.05) is 11.9 Å². The summed E-state index contributed by atoms with van der Waals surface area (Å²) in [5.41, 5.74) is 2.32. The number of rotatable bonds is 5. The van der Waals surface area contributed by atoms with Gasteiger partial charge in [-0.05, 0) is 49.2 Å². The molecule has 0 aliphatic carbocycles. The number of hydrogen-bond acceptors (Lipinski definition) is 3. The highest BCUT2D eigenvalue weighted by molar-refractivity contribution is 5.92. The Balaban J connectivity index is 1.92. The van der Waals surface area contributed by atoms with Crippen LogP contribution in [0.1, 0.15) is 11.1 Å². The van der Waals surface area contributed by atoms with Gasteiger partial charge in [-0.2, -0.15) is 0 Å². The molecule has 0 aromatic heterocycles. The lowest BCUT2D eigenvalue weighted by molar-refractivity contribution is -0.274. The van der Waals surface area contributed by atoms with Gasteiger partial charge in [0.25, 0.3) is 5.91 Å². The predicted octanol–water partition coefficient (Wildman–Crippen LogP) is 4.22. The maximum Gasteiger partial charge on any atom is 0.573 e. The zero-order valence-corrected chi connectivity index (χ0v) is 13.1. The first kappa shape index (κ1) is 17.7. The zero-order chi connectivity index (χ0) is 17.7. The highest BCUT2D eigenvalue weighted by atomic mass is 19.4. The number of carbonyl (C=O) groups is 1. The molecule has 0 atom stereocenters. The third-order valence-electron chi connectivity index (χ3n) is 3.20. The number of hydrogen-bond donors (Lipinski definition) is 1. The average Bonchev–Trinajstić information content (AvgIpc) is 2.47. The summed E-state index contributed by atoms with van der Waals surface area (Å²) in [5, 5.41) is 2.45. The van der Waals surface area contributed by atoms with Gasteiger partial charge in [-0.1, -0.05) is 12.1 Å². The Morgan fingerprint density at radius 3 is 2.46 bits per heavy atom. The van der Waals surface area contributed by atoms with Crippen molar-refractivity contribution in [1.29, 1.82) is 0 Å². The van der Waals surface area contributed by atoms with Gasteiger partial charge in [-0.25, -0.2) is 0 Å². The number of anilines is 1. The van der Waals surface area contributed by atoms with Crippen LogP contribution in [0.25, 0.3) is 0 Å². The van der Waals surface area contributed by atoms with Crippen molar-refractivity contribution in [2.24, 2.45) is 0 Å². The summed E-state index contributed by atoms with van der Waals surface area (Å²) in [6.07, 6.45) is -4.78. The summed E-state index contributed by atoms with van der Waals surface area (Å²) >= 11 is 0. The van der Waals surface area contributed by atoms with E-state index in [0.717, 1.165) is 23.3 Å². The first-order chi connectivity index (χ1) is 11.2. The van der Waals surface area contributed by atoms with Crippen molar-refractivity contribution in [3.63, 3.8) is 0 Å². The van der Waals surface area contributed by atoms with Crippen LogP contribution in [0.5, 0.6) is 11.5 Å². The van der Waals surface area contributed by atoms with E-state index in [-0.39, 0.29) is 12.3 Å². The topological polar surface area (TPSA) is 47.6 Å². The molecular weight excluding hydrogens is 323 g/mol. The van der Waals surface area contributed by atoms with E-state index in [2.05, 4.69) is 10.1 Å². The predicted molar refractivity (Wildman–Crippen MR) is 83.2 cm³/mol. The molecule has 4 nitrogen and oxygen atoms in total. The van der Waals surface area contributed by atoms with E-state index < -0.39 is 18.0 Å². The van der Waals surface area contributed by atoms with Gasteiger partial charge in [0.1, 0.15) is 11.5 Å². The lowest BCUT2D eigenvalue weighted by Gasteiger charge is -2.11. The Morgan fingerprint density at radius 2 is 1.79 bits per heavy atom. The first-order valence-electron chi connectivity index (χ1n) is 7.09. The second-order valence-corrected chi connectivity index (χ2v) is 5.16. The van der Waals surface area contributed by atoms with Crippen molar-refractivity contribution < 1.29 is 27.4 Å². The lowest BCUT2D eigenvalue weighted by atomic mass is 10.1. The number of amides is 1. The van der Waals surface area contributed by atoms with Gasteiger partial charge in [0.2, 0.25) is 0 Å². The molecule has 0 heterocycles. The van der Waals surface area contributed by atoms with Crippen LogP contribution >= 0.6 is 0 Å². The average molecular weight is 339 g/mol. The second kappa shape index (κ2) is 7.25. The van der Waals surface area contributed by atoms with E-state index in [9.17, 15) is 18.0 Å². The highest BCUT2D eigenvalue weighted by Gasteiger charge is 2.31. The smallest absolute Gasteiger partial charge is 0.484 e. The Bertz CT molecular complexity index is 729. The maximum atomic E-state index is 12.2. The molecule has 2 aromatic carbocycles. The highest BCUT2D eigenvalue weighted by Crippen LogP contribution is 2.25. The van der Waals surface area contributed by atoms with E-state index in [1.54, 1.807) is 12.1 Å². The molecule has 0 fully saturated rings. The fraction of sp³-hybridized carbons (Fsp3) is 0.235. The molecule has 2 aromatic rings. The van der Waals surface area contributed by atoms with Crippen molar-refractivity contribution in [2.45, 2.75) is 20.2 Å². The Kier molecular flexibility index (Phi) is 5.33. The van der Waals surface area contributed by atoms with Crippen LogP contribution in [-0.4, -0.2) is 18.9 Å². The molecule has 1 N–H and O–H groups in total. The second-order valence-electron chi connectivity index (χ2n) is 5.16. The SMILES string of the molecule is Cc1ccc(OCC(=O)Nc2cccc(OC(F)(F)F)c2)cc1C. The molecule has 0 aliphatic rings. The van der Waals surface area contributed by atoms with Crippen LogP contribution in [0.15, 0.2) is 42.5 Å². The van der Waals surface area contributed by atoms with Crippen LogP contribution < -0.4 is 14.8 Å². The molecule has 2 rings (SSSR count). The number of alkyl halides is 3. The number of halogens is 3. The summed E-state index contributed by atoms with van der Waals surface area (Å²) in [7, 11) is 0. The molecule has 1 amide bonds. The van der Waals surface area contributed by atoms with Gasteiger partial charge in [-0.3, -0.25) is 4.79 Å². The third-order valence-corrected chi connectivity index (χ3v) is 3.20. The monoisotopic (exact) mass is 339 g/mol. The van der Waals surface area contributed by atoms with Crippen molar-refractivity contribution >= 4 is 11.6 Å². The minimum absolute atomic E-state index is 0.186. The van der Waals surface area contributed by atoms with Gasteiger partial charge in [0, 0.05) is 11.8 Å². The number of carbonyl (C=O) groups excluding carboxylic acids is 1. The van der Waals surface area contributed by atoms with Crippen molar-refractivity contribution in [3.05, 3.63) is 53.6 Å². The van der Waals surface area contributed by atoms with E-state index in [0.29, 0.717) is 5.75 Å². The Hall–Kier alpha value is -2.70. The normalized spacial score (nSPS) is 11.0. The molecule has 24 heavy (non-hydrogen) atoms. The lowest BCUT2D eigenvalue weighted by Crippen LogP contribution is -2.20. The summed E-state index contributed by atoms with van der Waals surface area (Å²) in [6.45, 7) is 3.63. The van der Waals surface area contributed by atoms with E-state index in [1.807, 2.05) is 19.9 Å². The third kappa shape index (κ3) is 5.49. The molecule has 0 aliphatic heterocycles. The van der Waals surface area contributed by atoms with E-state index in [1.165, 1.54) is 12.1 Å². The summed E-state index contributed by atoms with van der Waals surface area (Å²) in [5.74, 6) is -0.352. The summed E-state index contributed by atoms with van der Waals surface area (Å²) in [6, 6.07) is 10.5. The number of benzene rings is 2. The largest absolute Gasteiger partial charge is 0.573 e. The molecule has 7 heteroatoms. The van der Waals surface area contributed by atoms with Crippen LogP contribution in [0, 0.1) is 13.8 Å². The fourth-order valence-electron chi connectivity index (χ4n) is 1.92. The zero-order valence-electron chi connectivity index (χ0n) is 13.1. The minimum Gasteiger partial charge on any atom is -0.484 e. The van der Waals surface area contributed by atoms with Gasteiger partial charge >= 0.3 is 6.36 Å². The van der Waals surface area contributed by atoms with Crippen LogP contribution in [0.2, 0.25) is 0 Å². The number of ether oxygens (including phenoxy) is 2.